The number of hydrogen-bond donors (Lipinski definition) is 2. The number of carbonyl (C=O) groups excluding carboxylic acids is 2. The van der Waals surface area contributed by atoms with Crippen molar-refractivity contribution in [2.24, 2.45) is 23.7 Å². The van der Waals surface area contributed by atoms with Crippen molar-refractivity contribution in [2.75, 3.05) is 0 Å². The van der Waals surface area contributed by atoms with E-state index in [1.165, 1.54) is 25.7 Å². The van der Waals surface area contributed by atoms with Crippen molar-refractivity contribution in [1.29, 1.82) is 0 Å². The van der Waals surface area contributed by atoms with Crippen molar-refractivity contribution in [3.05, 3.63) is 0 Å². The van der Waals surface area contributed by atoms with E-state index in [2.05, 4.69) is 24.5 Å². The lowest BCUT2D eigenvalue weighted by molar-refractivity contribution is -0.125. The van der Waals surface area contributed by atoms with E-state index in [1.807, 2.05) is 0 Å². The zero-order valence-electron chi connectivity index (χ0n) is 18.2. The third-order valence-electron chi connectivity index (χ3n) is 7.68. The van der Waals surface area contributed by atoms with Crippen LogP contribution in [-0.2, 0) is 9.59 Å². The lowest BCUT2D eigenvalue weighted by Crippen LogP contribution is -2.39. The van der Waals surface area contributed by atoms with Gasteiger partial charge in [-0.15, -0.1) is 0 Å². The summed E-state index contributed by atoms with van der Waals surface area (Å²) in [5, 5.41) is 6.55. The molecule has 0 bridgehead atoms. The normalized spacial score (nSPS) is 36.5. The van der Waals surface area contributed by atoms with Gasteiger partial charge in [-0.3, -0.25) is 9.59 Å². The Morgan fingerprint density at radius 3 is 1.21 bits per heavy atom. The Labute approximate surface area is 172 Å². The van der Waals surface area contributed by atoms with E-state index in [9.17, 15) is 9.59 Å². The number of hydrogen-bond acceptors (Lipinski definition) is 2. The predicted octanol–water partition coefficient (Wildman–Crippen LogP) is 4.96. The summed E-state index contributed by atoms with van der Waals surface area (Å²) in [5.41, 5.74) is 0. The Bertz CT molecular complexity index is 451. The van der Waals surface area contributed by atoms with Gasteiger partial charge in [-0.05, 0) is 101 Å². The Morgan fingerprint density at radius 2 is 0.893 bits per heavy atom. The lowest BCUT2D eigenvalue weighted by atomic mass is 9.78. The first kappa shape index (κ1) is 21.6. The summed E-state index contributed by atoms with van der Waals surface area (Å²) in [6.45, 7) is 4.62. The molecule has 4 nitrogen and oxygen atoms in total. The topological polar surface area (TPSA) is 58.2 Å². The van der Waals surface area contributed by atoms with Crippen LogP contribution in [-0.4, -0.2) is 23.9 Å². The fraction of sp³-hybridized carbons (Fsp3) is 0.917. The SMILES string of the molecule is CC1CCC(NC(=O)CC2CCC(CC(=O)NC3CCC(C)CC3)CC2)CC1. The first-order valence-electron chi connectivity index (χ1n) is 12.1. The first-order valence-corrected chi connectivity index (χ1v) is 12.1. The van der Waals surface area contributed by atoms with Crippen LogP contribution >= 0.6 is 0 Å². The Balaban J connectivity index is 1.28. The maximum Gasteiger partial charge on any atom is 0.220 e. The zero-order chi connectivity index (χ0) is 19.9. The fourth-order valence-corrected chi connectivity index (χ4v) is 5.55. The average Bonchev–Trinajstić information content (AvgIpc) is 2.67. The predicted molar refractivity (Wildman–Crippen MR) is 114 cm³/mol. The van der Waals surface area contributed by atoms with Crippen LogP contribution in [0.4, 0.5) is 0 Å². The minimum Gasteiger partial charge on any atom is -0.353 e. The Hall–Kier alpha value is -1.06. The van der Waals surface area contributed by atoms with Gasteiger partial charge < -0.3 is 10.6 Å². The molecule has 0 spiro atoms. The Morgan fingerprint density at radius 1 is 0.571 bits per heavy atom. The second-order valence-corrected chi connectivity index (χ2v) is 10.3. The summed E-state index contributed by atoms with van der Waals surface area (Å²) in [7, 11) is 0. The molecule has 0 aromatic heterocycles. The Kier molecular flexibility index (Phi) is 8.23. The van der Waals surface area contributed by atoms with Crippen LogP contribution < -0.4 is 10.6 Å². The number of nitrogens with one attached hydrogen (secondary N) is 2. The molecular weight excluding hydrogens is 348 g/mol. The van der Waals surface area contributed by atoms with Gasteiger partial charge in [-0.1, -0.05) is 13.8 Å². The van der Waals surface area contributed by atoms with Crippen LogP contribution in [0.3, 0.4) is 0 Å². The summed E-state index contributed by atoms with van der Waals surface area (Å²) in [6.07, 6.45) is 15.4. The van der Waals surface area contributed by atoms with Gasteiger partial charge in [0.1, 0.15) is 0 Å². The number of rotatable bonds is 6. The maximum atomic E-state index is 12.4. The van der Waals surface area contributed by atoms with Gasteiger partial charge in [0.25, 0.3) is 0 Å². The quantitative estimate of drug-likeness (QED) is 0.673. The fourth-order valence-electron chi connectivity index (χ4n) is 5.55. The van der Waals surface area contributed by atoms with E-state index in [-0.39, 0.29) is 11.8 Å². The molecule has 0 atom stereocenters. The summed E-state index contributed by atoms with van der Waals surface area (Å²) in [5.74, 6) is 3.19. The van der Waals surface area contributed by atoms with Crippen molar-refractivity contribution in [1.82, 2.24) is 10.6 Å². The molecule has 0 radical (unpaired) electrons. The molecule has 3 aliphatic carbocycles. The third-order valence-corrected chi connectivity index (χ3v) is 7.68. The van der Waals surface area contributed by atoms with Crippen LogP contribution in [0.25, 0.3) is 0 Å². The van der Waals surface area contributed by atoms with Gasteiger partial charge in [0.15, 0.2) is 0 Å². The molecule has 0 unspecified atom stereocenters. The first-order chi connectivity index (χ1) is 13.5. The molecule has 2 N–H and O–H groups in total. The summed E-state index contributed by atoms with van der Waals surface area (Å²) in [6, 6.07) is 0.818. The molecule has 0 heterocycles. The van der Waals surface area contributed by atoms with E-state index >= 15 is 0 Å². The van der Waals surface area contributed by atoms with Crippen LogP contribution in [0.15, 0.2) is 0 Å². The molecule has 3 rings (SSSR count). The van der Waals surface area contributed by atoms with Gasteiger partial charge >= 0.3 is 0 Å². The van der Waals surface area contributed by atoms with Crippen molar-refractivity contribution in [3.8, 4) is 0 Å². The van der Waals surface area contributed by atoms with Gasteiger partial charge in [0.2, 0.25) is 11.8 Å². The average molecular weight is 391 g/mol. The maximum absolute atomic E-state index is 12.4. The van der Waals surface area contributed by atoms with Gasteiger partial charge in [-0.25, -0.2) is 0 Å². The van der Waals surface area contributed by atoms with Crippen molar-refractivity contribution >= 4 is 11.8 Å². The molecule has 0 aromatic rings. The van der Waals surface area contributed by atoms with E-state index in [1.54, 1.807) is 0 Å². The van der Waals surface area contributed by atoms with Crippen LogP contribution in [0.5, 0.6) is 0 Å². The van der Waals surface area contributed by atoms with Gasteiger partial charge in [0.05, 0.1) is 0 Å². The minimum absolute atomic E-state index is 0.257. The highest BCUT2D eigenvalue weighted by atomic mass is 16.2. The van der Waals surface area contributed by atoms with Crippen molar-refractivity contribution in [3.63, 3.8) is 0 Å². The van der Waals surface area contributed by atoms with Gasteiger partial charge in [-0.2, -0.15) is 0 Å². The molecule has 3 saturated carbocycles. The van der Waals surface area contributed by atoms with Crippen LogP contribution in [0.1, 0.15) is 104 Å². The number of carbonyl (C=O) groups is 2. The minimum atomic E-state index is 0.257. The van der Waals surface area contributed by atoms with Crippen molar-refractivity contribution < 1.29 is 9.59 Å². The molecule has 160 valence electrons. The highest BCUT2D eigenvalue weighted by Crippen LogP contribution is 2.33. The molecule has 28 heavy (non-hydrogen) atoms. The summed E-state index contributed by atoms with van der Waals surface area (Å²) >= 11 is 0. The van der Waals surface area contributed by atoms with E-state index in [0.717, 1.165) is 63.2 Å². The summed E-state index contributed by atoms with van der Waals surface area (Å²) in [4.78, 5) is 24.8. The molecule has 3 aliphatic rings. The molecule has 0 saturated heterocycles. The third kappa shape index (κ3) is 7.08. The number of amides is 2. The lowest BCUT2D eigenvalue weighted by Gasteiger charge is -2.31. The van der Waals surface area contributed by atoms with E-state index < -0.39 is 0 Å². The van der Waals surface area contributed by atoms with Gasteiger partial charge in [0, 0.05) is 24.9 Å². The van der Waals surface area contributed by atoms with E-state index in [0.29, 0.717) is 36.8 Å². The zero-order valence-corrected chi connectivity index (χ0v) is 18.2. The highest BCUT2D eigenvalue weighted by Gasteiger charge is 2.27. The molecule has 0 aliphatic heterocycles. The van der Waals surface area contributed by atoms with Crippen LogP contribution in [0, 0.1) is 23.7 Å². The molecule has 3 fully saturated rings. The second kappa shape index (κ2) is 10.6. The largest absolute Gasteiger partial charge is 0.353 e. The smallest absolute Gasteiger partial charge is 0.220 e. The van der Waals surface area contributed by atoms with E-state index in [4.69, 9.17) is 0 Å². The second-order valence-electron chi connectivity index (χ2n) is 10.3. The molecular formula is C24H42N2O2. The van der Waals surface area contributed by atoms with Crippen LogP contribution in [0.2, 0.25) is 0 Å². The highest BCUT2D eigenvalue weighted by molar-refractivity contribution is 5.77. The molecule has 2 amide bonds. The molecule has 0 aromatic carbocycles. The summed E-state index contributed by atoms with van der Waals surface area (Å²) < 4.78 is 0. The monoisotopic (exact) mass is 390 g/mol. The standard InChI is InChI=1S/C24H42N2O2/c1-17-3-11-21(12-4-17)25-23(27)15-19-7-9-20(10-8-19)16-24(28)26-22-13-5-18(2)6-14-22/h17-22H,3-16H2,1-2H3,(H,25,27)(H,26,28). The molecule has 4 heteroatoms. The van der Waals surface area contributed by atoms with Crippen molar-refractivity contribution in [2.45, 2.75) is 116 Å².